The summed E-state index contributed by atoms with van der Waals surface area (Å²) in [4.78, 5) is 11.8. The van der Waals surface area contributed by atoms with Crippen LogP contribution in [0.5, 0.6) is 0 Å². The molecule has 0 unspecified atom stereocenters. The number of thiophene rings is 1. The fourth-order valence-electron chi connectivity index (χ4n) is 1.61. The van der Waals surface area contributed by atoms with Crippen LogP contribution in [-0.2, 0) is 23.5 Å². The van der Waals surface area contributed by atoms with E-state index in [0.29, 0.717) is 17.7 Å². The molecule has 19 heavy (non-hydrogen) atoms. The first-order valence-electron chi connectivity index (χ1n) is 5.56. The second kappa shape index (κ2) is 5.14. The molecule has 2 aromatic rings. The maximum absolute atomic E-state index is 12.1. The van der Waals surface area contributed by atoms with E-state index in [9.17, 15) is 13.2 Å². The van der Waals surface area contributed by atoms with Gasteiger partial charge in [0.25, 0.3) is 15.9 Å². The zero-order chi connectivity index (χ0) is 14.0. The second-order valence-corrected chi connectivity index (χ2v) is 6.34. The number of nitrogens with zero attached hydrogens (tertiary/aromatic N) is 2. The van der Waals surface area contributed by atoms with E-state index in [1.54, 1.807) is 23.9 Å². The van der Waals surface area contributed by atoms with Crippen molar-refractivity contribution in [3.63, 3.8) is 0 Å². The number of nitrogens with one attached hydrogen (secondary N) is 1. The van der Waals surface area contributed by atoms with E-state index in [4.69, 9.17) is 0 Å². The Hall–Kier alpha value is -1.67. The van der Waals surface area contributed by atoms with Crippen LogP contribution in [0.25, 0.3) is 0 Å². The Kier molecular flexibility index (Phi) is 3.72. The Bertz CT molecular complexity index is 687. The minimum absolute atomic E-state index is 0.0427. The third-order valence-electron chi connectivity index (χ3n) is 2.50. The summed E-state index contributed by atoms with van der Waals surface area (Å²) >= 11 is 1.33. The Morgan fingerprint density at radius 1 is 1.53 bits per heavy atom. The first-order valence-corrected chi connectivity index (χ1v) is 7.98. The molecule has 2 rings (SSSR count). The molecular formula is C11H13N3O3S2. The van der Waals surface area contributed by atoms with Crippen LogP contribution < -0.4 is 4.72 Å². The number of amides is 1. The number of carbonyl (C=O) groups excluding carboxylic acids is 1. The third kappa shape index (κ3) is 2.85. The molecule has 8 heteroatoms. The van der Waals surface area contributed by atoms with Gasteiger partial charge in [0.1, 0.15) is 4.90 Å². The average Bonchev–Trinajstić information content (AvgIpc) is 2.96. The van der Waals surface area contributed by atoms with E-state index in [0.717, 1.165) is 0 Å². The molecule has 0 aliphatic heterocycles. The van der Waals surface area contributed by atoms with E-state index >= 15 is 0 Å². The summed E-state index contributed by atoms with van der Waals surface area (Å²) < 4.78 is 27.8. The molecule has 1 N–H and O–H groups in total. The number of sulfonamides is 1. The van der Waals surface area contributed by atoms with Crippen LogP contribution in [-0.4, -0.2) is 24.1 Å². The number of hydrogen-bond donors (Lipinski definition) is 1. The van der Waals surface area contributed by atoms with Gasteiger partial charge in [0, 0.05) is 18.6 Å². The first-order chi connectivity index (χ1) is 8.94. The fourth-order valence-corrected chi connectivity index (χ4v) is 3.51. The van der Waals surface area contributed by atoms with Gasteiger partial charge in [0.2, 0.25) is 0 Å². The highest BCUT2D eigenvalue weighted by Gasteiger charge is 2.24. The van der Waals surface area contributed by atoms with Gasteiger partial charge >= 0.3 is 0 Å². The van der Waals surface area contributed by atoms with Crippen molar-refractivity contribution in [3.05, 3.63) is 34.3 Å². The molecule has 0 aromatic carbocycles. The highest BCUT2D eigenvalue weighted by Crippen LogP contribution is 2.15. The fraction of sp³-hybridized carbons (Fsp3) is 0.273. The van der Waals surface area contributed by atoms with Crippen LogP contribution in [0.2, 0.25) is 0 Å². The highest BCUT2D eigenvalue weighted by molar-refractivity contribution is 7.90. The number of carbonyl (C=O) groups is 1. The molecule has 0 saturated heterocycles. The molecule has 102 valence electrons. The zero-order valence-corrected chi connectivity index (χ0v) is 12.1. The van der Waals surface area contributed by atoms with Crippen LogP contribution in [0, 0.1) is 0 Å². The smallest absolute Gasteiger partial charge is 0.267 e. The van der Waals surface area contributed by atoms with Crippen LogP contribution in [0.4, 0.5) is 0 Å². The average molecular weight is 299 g/mol. The van der Waals surface area contributed by atoms with Gasteiger partial charge in [-0.2, -0.15) is 16.4 Å². The molecule has 1 amide bonds. The Morgan fingerprint density at radius 2 is 2.26 bits per heavy atom. The standard InChI is InChI=1S/C11H13N3O3S2/c1-3-9-10(6-14(2)12-9)19(16,17)13-11(15)8-4-5-18-7-8/h4-7H,3H2,1-2H3,(H,13,15). The first kappa shape index (κ1) is 13.8. The normalized spacial score (nSPS) is 11.5. The molecule has 0 spiro atoms. The van der Waals surface area contributed by atoms with E-state index in [1.165, 1.54) is 22.2 Å². The predicted molar refractivity (Wildman–Crippen MR) is 71.6 cm³/mol. The molecule has 0 aliphatic rings. The molecule has 0 fully saturated rings. The number of aryl methyl sites for hydroxylation is 2. The SMILES string of the molecule is CCc1nn(C)cc1S(=O)(=O)NC(=O)c1ccsc1. The van der Waals surface area contributed by atoms with E-state index < -0.39 is 15.9 Å². The van der Waals surface area contributed by atoms with Gasteiger partial charge in [0.15, 0.2) is 0 Å². The van der Waals surface area contributed by atoms with Gasteiger partial charge < -0.3 is 0 Å². The van der Waals surface area contributed by atoms with Crippen LogP contribution in [0.3, 0.4) is 0 Å². The summed E-state index contributed by atoms with van der Waals surface area (Å²) in [5, 5.41) is 7.36. The Balaban J connectivity index is 2.30. The van der Waals surface area contributed by atoms with Crippen molar-refractivity contribution in [2.24, 2.45) is 7.05 Å². The molecule has 0 saturated carbocycles. The second-order valence-electron chi connectivity index (χ2n) is 3.91. The monoisotopic (exact) mass is 299 g/mol. The van der Waals surface area contributed by atoms with Crippen molar-refractivity contribution < 1.29 is 13.2 Å². The van der Waals surface area contributed by atoms with E-state index in [-0.39, 0.29) is 4.90 Å². The number of hydrogen-bond acceptors (Lipinski definition) is 5. The van der Waals surface area contributed by atoms with Crippen molar-refractivity contribution in [2.45, 2.75) is 18.2 Å². The molecule has 6 nitrogen and oxygen atoms in total. The minimum atomic E-state index is -3.89. The summed E-state index contributed by atoms with van der Waals surface area (Å²) in [6, 6.07) is 1.57. The zero-order valence-electron chi connectivity index (χ0n) is 10.5. The van der Waals surface area contributed by atoms with E-state index in [2.05, 4.69) is 5.10 Å². The molecular weight excluding hydrogens is 286 g/mol. The Morgan fingerprint density at radius 3 is 2.84 bits per heavy atom. The molecule has 0 aliphatic carbocycles. The highest BCUT2D eigenvalue weighted by atomic mass is 32.2. The quantitative estimate of drug-likeness (QED) is 0.918. The topological polar surface area (TPSA) is 81.1 Å². The van der Waals surface area contributed by atoms with Gasteiger partial charge in [-0.15, -0.1) is 0 Å². The third-order valence-corrected chi connectivity index (χ3v) is 4.56. The van der Waals surface area contributed by atoms with Gasteiger partial charge in [-0.25, -0.2) is 13.1 Å². The lowest BCUT2D eigenvalue weighted by atomic mass is 10.3. The maximum Gasteiger partial charge on any atom is 0.267 e. The van der Waals surface area contributed by atoms with E-state index in [1.807, 2.05) is 11.6 Å². The Labute approximate surface area is 115 Å². The van der Waals surface area contributed by atoms with Crippen LogP contribution in [0.15, 0.2) is 27.9 Å². The summed E-state index contributed by atoms with van der Waals surface area (Å²) in [6.45, 7) is 1.81. The van der Waals surface area contributed by atoms with Crippen LogP contribution in [0.1, 0.15) is 23.0 Å². The summed E-state index contributed by atoms with van der Waals surface area (Å²) in [5.41, 5.74) is 0.767. The van der Waals surface area contributed by atoms with Gasteiger partial charge in [-0.1, -0.05) is 6.92 Å². The molecule has 0 radical (unpaired) electrons. The van der Waals surface area contributed by atoms with Crippen molar-refractivity contribution in [1.82, 2.24) is 14.5 Å². The summed E-state index contributed by atoms with van der Waals surface area (Å²) in [7, 11) is -2.25. The molecule has 0 bridgehead atoms. The van der Waals surface area contributed by atoms with Gasteiger partial charge in [-0.05, 0) is 17.9 Å². The molecule has 2 heterocycles. The largest absolute Gasteiger partial charge is 0.274 e. The molecule has 0 atom stereocenters. The molecule has 2 aromatic heterocycles. The lowest BCUT2D eigenvalue weighted by Crippen LogP contribution is -2.30. The van der Waals surface area contributed by atoms with Gasteiger partial charge in [-0.3, -0.25) is 9.48 Å². The number of aromatic nitrogens is 2. The number of rotatable bonds is 4. The van der Waals surface area contributed by atoms with Crippen molar-refractivity contribution in [1.29, 1.82) is 0 Å². The summed E-state index contributed by atoms with van der Waals surface area (Å²) in [6.07, 6.45) is 1.87. The lowest BCUT2D eigenvalue weighted by Gasteiger charge is -2.04. The van der Waals surface area contributed by atoms with Crippen molar-refractivity contribution >= 4 is 27.3 Å². The van der Waals surface area contributed by atoms with Gasteiger partial charge in [0.05, 0.1) is 11.3 Å². The van der Waals surface area contributed by atoms with Crippen molar-refractivity contribution in [2.75, 3.05) is 0 Å². The van der Waals surface area contributed by atoms with Crippen molar-refractivity contribution in [3.8, 4) is 0 Å². The summed E-state index contributed by atoms with van der Waals surface area (Å²) in [5.74, 6) is -0.632. The maximum atomic E-state index is 12.1. The minimum Gasteiger partial charge on any atom is -0.274 e. The van der Waals surface area contributed by atoms with Crippen LogP contribution >= 0.6 is 11.3 Å². The predicted octanol–water partition coefficient (Wildman–Crippen LogP) is 1.16. The lowest BCUT2D eigenvalue weighted by molar-refractivity contribution is 0.0982.